The lowest BCUT2D eigenvalue weighted by Crippen LogP contribution is -2.39. The molecule has 0 spiro atoms. The number of aryl methyl sites for hydroxylation is 1. The molecule has 31 heavy (non-hydrogen) atoms. The van der Waals surface area contributed by atoms with Crippen molar-refractivity contribution in [3.05, 3.63) is 53.0 Å². The highest BCUT2D eigenvalue weighted by Gasteiger charge is 2.35. The van der Waals surface area contributed by atoms with Crippen LogP contribution in [-0.4, -0.2) is 39.1 Å². The molecule has 8 nitrogen and oxygen atoms in total. The van der Waals surface area contributed by atoms with Crippen LogP contribution in [0.25, 0.3) is 0 Å². The number of carbonyl (C=O) groups is 3. The van der Waals surface area contributed by atoms with Crippen molar-refractivity contribution in [2.75, 3.05) is 11.4 Å². The van der Waals surface area contributed by atoms with Gasteiger partial charge in [0.25, 0.3) is 0 Å². The van der Waals surface area contributed by atoms with Crippen LogP contribution < -0.4 is 10.6 Å². The Bertz CT molecular complexity index is 1010. The smallest absolute Gasteiger partial charge is 0.233 e. The zero-order valence-corrected chi connectivity index (χ0v) is 17.7. The van der Waals surface area contributed by atoms with E-state index < -0.39 is 5.91 Å². The Morgan fingerprint density at radius 3 is 2.65 bits per heavy atom. The number of hydrogen-bond donors (Lipinski definition) is 1. The molecule has 4 rings (SSSR count). The van der Waals surface area contributed by atoms with Gasteiger partial charge in [-0.25, -0.2) is 9.97 Å². The molecule has 1 atom stereocenters. The molecule has 3 amide bonds. The van der Waals surface area contributed by atoms with Crippen molar-refractivity contribution >= 4 is 23.5 Å². The van der Waals surface area contributed by atoms with Gasteiger partial charge in [0.05, 0.1) is 19.0 Å². The van der Waals surface area contributed by atoms with E-state index in [0.29, 0.717) is 31.2 Å². The van der Waals surface area contributed by atoms with Crippen LogP contribution in [-0.2, 0) is 27.3 Å². The molecule has 2 aliphatic heterocycles. The van der Waals surface area contributed by atoms with Crippen LogP contribution in [0.15, 0.2) is 30.3 Å². The van der Waals surface area contributed by atoms with E-state index in [0.717, 1.165) is 36.1 Å². The summed E-state index contributed by atoms with van der Waals surface area (Å²) in [6.45, 7) is 2.95. The Hall–Kier alpha value is -3.29. The van der Waals surface area contributed by atoms with Crippen LogP contribution in [0.3, 0.4) is 0 Å². The molecule has 8 heteroatoms. The number of primary amides is 1. The minimum absolute atomic E-state index is 0.00596. The van der Waals surface area contributed by atoms with Crippen LogP contribution >= 0.6 is 0 Å². The minimum atomic E-state index is -0.485. The standard InChI is InChI=1S/C23H27N5O3/c1-15-17-13-21(31)28(14-16-7-3-2-4-8-16)23(17)26-22(25-15)18-9-5-6-12-27(18)20(30)11-10-19(24)29/h2-4,7-8,18H,5-6,9-14H2,1H3,(H2,24,29)/t18-/m0/s1. The third-order valence-corrected chi connectivity index (χ3v) is 5.98. The van der Waals surface area contributed by atoms with Crippen molar-refractivity contribution < 1.29 is 14.4 Å². The maximum atomic E-state index is 12.8. The molecule has 0 unspecified atom stereocenters. The van der Waals surface area contributed by atoms with Gasteiger partial charge in [-0.15, -0.1) is 0 Å². The number of benzene rings is 1. The number of hydrogen-bond acceptors (Lipinski definition) is 5. The first-order valence-corrected chi connectivity index (χ1v) is 10.7. The predicted octanol–water partition coefficient (Wildman–Crippen LogP) is 2.19. The molecule has 1 aromatic heterocycles. The number of anilines is 1. The molecule has 0 aliphatic carbocycles. The van der Waals surface area contributed by atoms with Gasteiger partial charge in [0.1, 0.15) is 5.82 Å². The first kappa shape index (κ1) is 21.0. The van der Waals surface area contributed by atoms with Gasteiger partial charge in [-0.2, -0.15) is 0 Å². The lowest BCUT2D eigenvalue weighted by molar-refractivity contribution is -0.136. The van der Waals surface area contributed by atoms with Crippen LogP contribution in [0.5, 0.6) is 0 Å². The first-order chi connectivity index (χ1) is 14.9. The fourth-order valence-corrected chi connectivity index (χ4v) is 4.35. The Labute approximate surface area is 181 Å². The second-order valence-corrected chi connectivity index (χ2v) is 8.18. The van der Waals surface area contributed by atoms with Crippen molar-refractivity contribution in [3.63, 3.8) is 0 Å². The molecule has 2 aromatic rings. The number of fused-ring (bicyclic) bond motifs is 1. The summed E-state index contributed by atoms with van der Waals surface area (Å²) in [7, 11) is 0. The Kier molecular flexibility index (Phi) is 5.97. The number of carbonyl (C=O) groups excluding carboxylic acids is 3. The van der Waals surface area contributed by atoms with Crippen molar-refractivity contribution in [2.45, 2.75) is 58.0 Å². The van der Waals surface area contributed by atoms with Crippen molar-refractivity contribution in [3.8, 4) is 0 Å². The van der Waals surface area contributed by atoms with Gasteiger partial charge in [-0.1, -0.05) is 30.3 Å². The fourth-order valence-electron chi connectivity index (χ4n) is 4.35. The van der Waals surface area contributed by atoms with E-state index in [2.05, 4.69) is 0 Å². The SMILES string of the molecule is Cc1nc([C@@H]2CCCCN2C(=O)CCC(N)=O)nc2c1CC(=O)N2Cc1ccccc1. The van der Waals surface area contributed by atoms with Gasteiger partial charge >= 0.3 is 0 Å². The first-order valence-electron chi connectivity index (χ1n) is 10.7. The number of nitrogens with zero attached hydrogens (tertiary/aromatic N) is 4. The number of likely N-dealkylation sites (tertiary alicyclic amines) is 1. The average Bonchev–Trinajstić information content (AvgIpc) is 3.08. The summed E-state index contributed by atoms with van der Waals surface area (Å²) >= 11 is 0. The van der Waals surface area contributed by atoms with E-state index in [9.17, 15) is 14.4 Å². The van der Waals surface area contributed by atoms with E-state index >= 15 is 0 Å². The molecule has 1 fully saturated rings. The van der Waals surface area contributed by atoms with E-state index in [-0.39, 0.29) is 30.7 Å². The van der Waals surface area contributed by atoms with Gasteiger partial charge in [-0.05, 0) is 31.7 Å². The lowest BCUT2D eigenvalue weighted by atomic mass is 10.00. The topological polar surface area (TPSA) is 109 Å². The highest BCUT2D eigenvalue weighted by molar-refractivity contribution is 6.00. The molecular formula is C23H27N5O3. The zero-order valence-electron chi connectivity index (χ0n) is 17.7. The van der Waals surface area contributed by atoms with Gasteiger partial charge in [-0.3, -0.25) is 19.3 Å². The molecule has 1 aromatic carbocycles. The number of piperidine rings is 1. The van der Waals surface area contributed by atoms with Crippen molar-refractivity contribution in [2.24, 2.45) is 5.73 Å². The molecular weight excluding hydrogens is 394 g/mol. The summed E-state index contributed by atoms with van der Waals surface area (Å²) in [5.74, 6) is 0.623. The normalized spacial score (nSPS) is 18.2. The highest BCUT2D eigenvalue weighted by Crippen LogP contribution is 2.35. The maximum absolute atomic E-state index is 12.8. The third kappa shape index (κ3) is 4.42. The van der Waals surface area contributed by atoms with E-state index in [1.165, 1.54) is 0 Å². The van der Waals surface area contributed by atoms with Gasteiger partial charge in [0, 0.05) is 30.6 Å². The Morgan fingerprint density at radius 2 is 1.90 bits per heavy atom. The Balaban J connectivity index is 1.63. The lowest BCUT2D eigenvalue weighted by Gasteiger charge is -2.35. The number of nitrogens with two attached hydrogens (primary N) is 1. The fraction of sp³-hybridized carbons (Fsp3) is 0.435. The minimum Gasteiger partial charge on any atom is -0.370 e. The number of amides is 3. The van der Waals surface area contributed by atoms with E-state index in [1.807, 2.05) is 37.3 Å². The molecule has 0 bridgehead atoms. The van der Waals surface area contributed by atoms with Crippen LogP contribution in [0.1, 0.15) is 60.8 Å². The van der Waals surface area contributed by atoms with Gasteiger partial charge in [0.2, 0.25) is 17.7 Å². The quantitative estimate of drug-likeness (QED) is 0.769. The van der Waals surface area contributed by atoms with Crippen LogP contribution in [0.4, 0.5) is 5.82 Å². The summed E-state index contributed by atoms with van der Waals surface area (Å²) < 4.78 is 0. The maximum Gasteiger partial charge on any atom is 0.233 e. The second-order valence-electron chi connectivity index (χ2n) is 8.18. The van der Waals surface area contributed by atoms with Gasteiger partial charge < -0.3 is 10.6 Å². The summed E-state index contributed by atoms with van der Waals surface area (Å²) in [6, 6.07) is 9.56. The Morgan fingerprint density at radius 1 is 1.13 bits per heavy atom. The summed E-state index contributed by atoms with van der Waals surface area (Å²) in [4.78, 5) is 49.6. The highest BCUT2D eigenvalue weighted by atomic mass is 16.2. The van der Waals surface area contributed by atoms with Gasteiger partial charge in [0.15, 0.2) is 5.82 Å². The summed E-state index contributed by atoms with van der Waals surface area (Å²) in [5.41, 5.74) is 7.88. The average molecular weight is 422 g/mol. The molecule has 2 aliphatic rings. The molecule has 3 heterocycles. The molecule has 0 radical (unpaired) electrons. The number of aromatic nitrogens is 2. The monoisotopic (exact) mass is 421 g/mol. The second kappa shape index (κ2) is 8.83. The molecule has 162 valence electrons. The largest absolute Gasteiger partial charge is 0.370 e. The zero-order chi connectivity index (χ0) is 22.0. The van der Waals surface area contributed by atoms with Crippen LogP contribution in [0, 0.1) is 6.92 Å². The van der Waals surface area contributed by atoms with E-state index in [4.69, 9.17) is 15.7 Å². The van der Waals surface area contributed by atoms with E-state index in [1.54, 1.807) is 9.80 Å². The summed E-state index contributed by atoms with van der Waals surface area (Å²) in [5, 5.41) is 0. The molecule has 0 saturated carbocycles. The van der Waals surface area contributed by atoms with Crippen LogP contribution in [0.2, 0.25) is 0 Å². The summed E-state index contributed by atoms with van der Waals surface area (Å²) in [6.07, 6.45) is 3.05. The molecule has 1 saturated heterocycles. The van der Waals surface area contributed by atoms with Crippen molar-refractivity contribution in [1.29, 1.82) is 0 Å². The number of rotatable bonds is 6. The third-order valence-electron chi connectivity index (χ3n) is 5.98. The predicted molar refractivity (Wildman–Crippen MR) is 115 cm³/mol. The molecule has 2 N–H and O–H groups in total. The van der Waals surface area contributed by atoms with Crippen molar-refractivity contribution in [1.82, 2.24) is 14.9 Å².